The van der Waals surface area contributed by atoms with Crippen molar-refractivity contribution in [1.82, 2.24) is 0 Å². The second kappa shape index (κ2) is 15.0. The van der Waals surface area contributed by atoms with Crippen LogP contribution >= 0.6 is 15.0 Å². The van der Waals surface area contributed by atoms with Gasteiger partial charge >= 0.3 is 15.0 Å². The van der Waals surface area contributed by atoms with Crippen LogP contribution in [-0.2, 0) is 9.13 Å². The zero-order valence-corrected chi connectivity index (χ0v) is 32.5. The molecular formula is C48H32N4O4P2. The Morgan fingerprint density at radius 1 is 0.414 bits per heavy atom. The highest BCUT2D eigenvalue weighted by atomic mass is 31.2. The van der Waals surface area contributed by atoms with E-state index in [2.05, 4.69) is 22.3 Å². The van der Waals surface area contributed by atoms with Crippen molar-refractivity contribution in [2.75, 3.05) is 10.2 Å². The van der Waals surface area contributed by atoms with E-state index in [1.54, 1.807) is 72.8 Å². The minimum atomic E-state index is -3.83. The maximum atomic E-state index is 15.2. The molecule has 0 radical (unpaired) electrons. The number of fused-ring (bicyclic) bond motifs is 2. The summed E-state index contributed by atoms with van der Waals surface area (Å²) in [5.41, 5.74) is 8.43. The molecule has 2 unspecified atom stereocenters. The van der Waals surface area contributed by atoms with Gasteiger partial charge in [0.05, 0.1) is 45.3 Å². The molecule has 278 valence electrons. The topological polar surface area (TPSA) is 124 Å². The summed E-state index contributed by atoms with van der Waals surface area (Å²) in [4.78, 5) is 0. The van der Waals surface area contributed by atoms with Gasteiger partial charge in [-0.15, -0.1) is 0 Å². The molecule has 0 aromatic heterocycles. The number of hydrogen-bond acceptors (Lipinski definition) is 6. The van der Waals surface area contributed by atoms with Gasteiger partial charge in [-0.05, 0) is 94.1 Å². The monoisotopic (exact) mass is 790 g/mol. The summed E-state index contributed by atoms with van der Waals surface area (Å²) < 4.78 is 43.2. The quantitative estimate of drug-likeness (QED) is 0.146. The van der Waals surface area contributed by atoms with Gasteiger partial charge in [0.2, 0.25) is 0 Å². The molecule has 8 nitrogen and oxygen atoms in total. The predicted octanol–water partition coefficient (Wildman–Crippen LogP) is 13.2. The van der Waals surface area contributed by atoms with E-state index in [4.69, 9.17) is 9.05 Å². The summed E-state index contributed by atoms with van der Waals surface area (Å²) >= 11 is 0. The van der Waals surface area contributed by atoms with Crippen LogP contribution in [0.4, 0.5) is 11.4 Å². The summed E-state index contributed by atoms with van der Waals surface area (Å²) in [6, 6.07) is 56.1. The minimum absolute atomic E-state index is 0.441. The van der Waals surface area contributed by atoms with E-state index in [1.165, 1.54) is 0 Å². The van der Waals surface area contributed by atoms with Gasteiger partial charge in [0.1, 0.15) is 11.5 Å². The summed E-state index contributed by atoms with van der Waals surface area (Å²) in [5.74, 6) is 0.883. The summed E-state index contributed by atoms with van der Waals surface area (Å²) in [6.45, 7) is 0. The standard InChI is InChI=1S/C48H32N4O4P2/c49-31-33-21-25-35(26-22-33)45-29-37-11-9-19-43(47(37)51-57(45,53)55-39-13-3-1-4-14-39)41-17-7-8-18-42(41)44-20-10-12-38-30-46(36-27-23-34(32-50)24-28-36)58(54,52-48(38)44)56-40-15-5-2-6-16-40/h1-30H,(H,51,53)(H,52,54). The Labute approximate surface area is 336 Å². The van der Waals surface area contributed by atoms with E-state index in [0.29, 0.717) is 55.8 Å². The average Bonchev–Trinajstić information content (AvgIpc) is 3.26. The molecule has 10 heteroatoms. The van der Waals surface area contributed by atoms with Crippen molar-refractivity contribution in [1.29, 1.82) is 10.5 Å². The molecule has 0 aliphatic carbocycles. The number of benzene rings is 7. The number of hydrogen-bond donors (Lipinski definition) is 2. The Balaban J connectivity index is 1.19. The molecule has 7 aromatic carbocycles. The molecule has 0 saturated carbocycles. The summed E-state index contributed by atoms with van der Waals surface area (Å²) in [5, 5.41) is 26.6. The fourth-order valence-corrected chi connectivity index (χ4v) is 11.3. The fraction of sp³-hybridized carbons (Fsp3) is 0. The molecule has 0 fully saturated rings. The molecule has 2 aliphatic heterocycles. The lowest BCUT2D eigenvalue weighted by Gasteiger charge is -2.31. The molecule has 2 heterocycles. The molecule has 58 heavy (non-hydrogen) atoms. The molecule has 9 rings (SSSR count). The Morgan fingerprint density at radius 3 is 1.16 bits per heavy atom. The van der Waals surface area contributed by atoms with Crippen molar-refractivity contribution in [3.63, 3.8) is 0 Å². The molecule has 7 aromatic rings. The number of nitrogens with zero attached hydrogens (tertiary/aromatic N) is 2. The molecule has 2 aliphatic rings. The molecule has 0 amide bonds. The largest absolute Gasteiger partial charge is 0.426 e. The molecule has 0 spiro atoms. The lowest BCUT2D eigenvalue weighted by molar-refractivity contribution is 0.497. The number of anilines is 2. The highest BCUT2D eigenvalue weighted by Gasteiger charge is 2.39. The first kappa shape index (κ1) is 36.3. The van der Waals surface area contributed by atoms with E-state index in [9.17, 15) is 10.5 Å². The summed E-state index contributed by atoms with van der Waals surface area (Å²) in [7, 11) is -7.66. The molecule has 2 N–H and O–H groups in total. The van der Waals surface area contributed by atoms with Gasteiger partial charge in [0, 0.05) is 11.1 Å². The van der Waals surface area contributed by atoms with E-state index in [0.717, 1.165) is 33.4 Å². The first-order chi connectivity index (χ1) is 28.3. The normalized spacial score (nSPS) is 17.7. The third-order valence-corrected chi connectivity index (χ3v) is 14.0. The Bertz CT molecular complexity index is 2770. The van der Waals surface area contributed by atoms with Gasteiger partial charge in [-0.3, -0.25) is 0 Å². The van der Waals surface area contributed by atoms with Gasteiger partial charge in [-0.25, -0.2) is 9.13 Å². The maximum absolute atomic E-state index is 15.2. The van der Waals surface area contributed by atoms with Crippen molar-refractivity contribution in [3.8, 4) is 45.9 Å². The van der Waals surface area contributed by atoms with Crippen molar-refractivity contribution in [3.05, 3.63) is 203 Å². The number of para-hydroxylation sites is 4. The molecular weight excluding hydrogens is 758 g/mol. The van der Waals surface area contributed by atoms with Crippen LogP contribution in [-0.4, -0.2) is 0 Å². The van der Waals surface area contributed by atoms with Crippen molar-refractivity contribution in [2.24, 2.45) is 0 Å². The van der Waals surface area contributed by atoms with Crippen LogP contribution in [0.25, 0.3) is 45.0 Å². The van der Waals surface area contributed by atoms with Gasteiger partial charge in [0.15, 0.2) is 0 Å². The van der Waals surface area contributed by atoms with Crippen molar-refractivity contribution in [2.45, 2.75) is 0 Å². The Hall–Kier alpha value is -7.34. The van der Waals surface area contributed by atoms with Crippen molar-refractivity contribution >= 4 is 49.2 Å². The molecule has 0 saturated heterocycles. The highest BCUT2D eigenvalue weighted by molar-refractivity contribution is 7.72. The van der Waals surface area contributed by atoms with Gasteiger partial charge in [0.25, 0.3) is 0 Å². The predicted molar refractivity (Wildman–Crippen MR) is 232 cm³/mol. The van der Waals surface area contributed by atoms with Crippen LogP contribution in [0, 0.1) is 22.7 Å². The molecule has 2 atom stereocenters. The van der Waals surface area contributed by atoms with Crippen LogP contribution < -0.4 is 19.2 Å². The average molecular weight is 791 g/mol. The zero-order valence-electron chi connectivity index (χ0n) is 30.7. The summed E-state index contributed by atoms with van der Waals surface area (Å²) in [6.07, 6.45) is 3.78. The zero-order chi connectivity index (χ0) is 39.7. The third kappa shape index (κ3) is 6.78. The number of rotatable bonds is 8. The minimum Gasteiger partial charge on any atom is -0.426 e. The maximum Gasteiger partial charge on any atom is 0.372 e. The fourth-order valence-electron chi connectivity index (χ4n) is 7.25. The Morgan fingerprint density at radius 2 is 0.776 bits per heavy atom. The smallest absolute Gasteiger partial charge is 0.372 e. The van der Waals surface area contributed by atoms with E-state index >= 15 is 9.13 Å². The SMILES string of the molecule is N#Cc1ccc(C2=Cc3cccc(-c4ccccc4-c4cccc5c4NP(=O)(Oc4ccccc4)C(c4ccc(C#N)cc4)=C5)c3NP2(=O)Oc2ccccc2)cc1. The van der Waals surface area contributed by atoms with Gasteiger partial charge in [-0.2, -0.15) is 10.5 Å². The second-order valence-corrected chi connectivity index (χ2v) is 17.6. The van der Waals surface area contributed by atoms with Gasteiger partial charge in [-0.1, -0.05) is 121 Å². The lowest BCUT2D eigenvalue weighted by Crippen LogP contribution is -2.12. The van der Waals surface area contributed by atoms with Crippen LogP contribution in [0.1, 0.15) is 33.4 Å². The number of nitriles is 2. The number of nitrogens with one attached hydrogen (secondary N) is 2. The lowest BCUT2D eigenvalue weighted by atomic mass is 9.90. The van der Waals surface area contributed by atoms with E-state index in [1.807, 2.05) is 109 Å². The van der Waals surface area contributed by atoms with Gasteiger partial charge < -0.3 is 19.2 Å². The van der Waals surface area contributed by atoms with Crippen LogP contribution in [0.2, 0.25) is 0 Å². The Kier molecular flexibility index (Phi) is 9.36. The van der Waals surface area contributed by atoms with Crippen LogP contribution in [0.5, 0.6) is 11.5 Å². The van der Waals surface area contributed by atoms with Crippen molar-refractivity contribution < 1.29 is 18.2 Å². The van der Waals surface area contributed by atoms with Crippen LogP contribution in [0.3, 0.4) is 0 Å². The van der Waals surface area contributed by atoms with E-state index < -0.39 is 15.0 Å². The van der Waals surface area contributed by atoms with Crippen LogP contribution in [0.15, 0.2) is 170 Å². The third-order valence-electron chi connectivity index (χ3n) is 10.0. The second-order valence-electron chi connectivity index (χ2n) is 13.7. The molecule has 0 bridgehead atoms. The highest BCUT2D eigenvalue weighted by Crippen LogP contribution is 2.65. The first-order valence-corrected chi connectivity index (χ1v) is 21.7. The first-order valence-electron chi connectivity index (χ1n) is 18.4. The van der Waals surface area contributed by atoms with E-state index in [-0.39, 0.29) is 0 Å².